The van der Waals surface area contributed by atoms with Gasteiger partial charge in [-0.3, -0.25) is 37.3 Å². The van der Waals surface area contributed by atoms with Crippen LogP contribution in [-0.4, -0.2) is 139 Å². The fourth-order valence-corrected chi connectivity index (χ4v) is 9.44. The van der Waals surface area contributed by atoms with E-state index in [0.717, 1.165) is 29.0 Å². The lowest BCUT2D eigenvalue weighted by Crippen LogP contribution is -2.46. The number of benzene rings is 1. The average Bonchev–Trinajstić information content (AvgIpc) is 3.76. The van der Waals surface area contributed by atoms with Gasteiger partial charge in [0, 0.05) is 30.7 Å². The van der Waals surface area contributed by atoms with Gasteiger partial charge in [0.05, 0.1) is 38.0 Å². The molecule has 2 amide bonds. The van der Waals surface area contributed by atoms with E-state index in [1.807, 2.05) is 0 Å². The van der Waals surface area contributed by atoms with E-state index in [2.05, 4.69) is 34.4 Å². The number of phosphoric ester groups is 3. The quantitative estimate of drug-likeness (QED) is 0.0398. The van der Waals surface area contributed by atoms with E-state index in [9.17, 15) is 72.9 Å². The number of nitrogens with one attached hydrogen (secondary N) is 2. The molecule has 0 radical (unpaired) electrons. The SMILES string of the molecule is CC(C)(COP(=O)(O)OP(=O)(O)OCC1OC(n2cnc3c(N)ncnc32)C(O)C1OP(=O)(O)O)C(O)C(=O)NCCC(=O)NCCSC(=O)C(CC(=O)O)C(O)c1ccccc1. The molecule has 0 spiro atoms. The van der Waals surface area contributed by atoms with Crippen molar-refractivity contribution in [2.24, 2.45) is 11.3 Å². The molecular weight excluding hydrogens is 927 g/mol. The molecule has 0 saturated carbocycles. The Morgan fingerprint density at radius 3 is 2.30 bits per heavy atom. The highest BCUT2D eigenvalue weighted by Gasteiger charge is 2.50. The lowest BCUT2D eigenvalue weighted by Gasteiger charge is -2.30. The lowest BCUT2D eigenvalue weighted by molar-refractivity contribution is -0.141. The zero-order valence-corrected chi connectivity index (χ0v) is 36.6. The first kappa shape index (κ1) is 51.8. The van der Waals surface area contributed by atoms with E-state index in [1.165, 1.54) is 13.8 Å². The highest BCUT2D eigenvalue weighted by Crippen LogP contribution is 2.61. The van der Waals surface area contributed by atoms with Gasteiger partial charge in [0.25, 0.3) is 0 Å². The summed E-state index contributed by atoms with van der Waals surface area (Å²) < 4.78 is 62.2. The molecule has 1 fully saturated rings. The van der Waals surface area contributed by atoms with Crippen molar-refractivity contribution >= 4 is 75.1 Å². The second-order valence-corrected chi connectivity index (χ2v) is 19.6. The van der Waals surface area contributed by atoms with Crippen LogP contribution in [0.1, 0.15) is 44.6 Å². The number of phosphoric acid groups is 3. The number of aliphatic hydroxyl groups excluding tert-OH is 3. The molecule has 4 rings (SSSR count). The molecule has 63 heavy (non-hydrogen) atoms. The normalized spacial score (nSPS) is 21.5. The summed E-state index contributed by atoms with van der Waals surface area (Å²) in [6.07, 6.45) is -9.23. The third kappa shape index (κ3) is 15.1. The second-order valence-electron chi connectivity index (χ2n) is 14.3. The van der Waals surface area contributed by atoms with Gasteiger partial charge in [-0.05, 0) is 5.56 Å². The van der Waals surface area contributed by atoms with Gasteiger partial charge in [-0.25, -0.2) is 28.6 Å². The minimum Gasteiger partial charge on any atom is -0.481 e. The molecule has 1 aromatic carbocycles. The van der Waals surface area contributed by atoms with Crippen LogP contribution in [-0.2, 0) is 55.5 Å². The highest BCUT2D eigenvalue weighted by molar-refractivity contribution is 8.13. The van der Waals surface area contributed by atoms with E-state index in [4.69, 9.17) is 19.5 Å². The molecule has 0 aliphatic carbocycles. The molecule has 1 aliphatic rings. The molecule has 9 unspecified atom stereocenters. The maximum atomic E-state index is 12.7. The van der Waals surface area contributed by atoms with Crippen molar-refractivity contribution in [3.63, 3.8) is 0 Å². The number of thioether (sulfide) groups is 1. The number of nitrogen functional groups attached to an aromatic ring is 1. The molecule has 0 bridgehead atoms. The Bertz CT molecular complexity index is 2230. The highest BCUT2D eigenvalue weighted by atomic mass is 32.2. The number of carbonyl (C=O) groups excluding carboxylic acids is 3. The summed E-state index contributed by atoms with van der Waals surface area (Å²) in [4.78, 5) is 100. The Morgan fingerprint density at radius 1 is 0.984 bits per heavy atom. The Hall–Kier alpha value is -3.79. The molecule has 12 N–H and O–H groups in total. The largest absolute Gasteiger partial charge is 0.481 e. The fourth-order valence-electron chi connectivity index (χ4n) is 5.78. The summed E-state index contributed by atoms with van der Waals surface area (Å²) in [7, 11) is -16.5. The van der Waals surface area contributed by atoms with Crippen molar-refractivity contribution in [3.8, 4) is 0 Å². The predicted molar refractivity (Wildman–Crippen MR) is 214 cm³/mol. The van der Waals surface area contributed by atoms with Gasteiger partial charge in [-0.15, -0.1) is 0 Å². The van der Waals surface area contributed by atoms with Crippen molar-refractivity contribution in [1.29, 1.82) is 0 Å². The average molecular weight is 974 g/mol. The first-order chi connectivity index (χ1) is 29.3. The van der Waals surface area contributed by atoms with Crippen LogP contribution >= 0.6 is 35.2 Å². The Kier molecular flexibility index (Phi) is 18.0. The minimum atomic E-state index is -5.61. The van der Waals surface area contributed by atoms with Gasteiger partial charge >= 0.3 is 29.4 Å². The van der Waals surface area contributed by atoms with Crippen molar-refractivity contribution in [2.45, 2.75) is 63.4 Å². The summed E-state index contributed by atoms with van der Waals surface area (Å²) in [6, 6.07) is 8.05. The van der Waals surface area contributed by atoms with Crippen LogP contribution in [0.15, 0.2) is 43.0 Å². The van der Waals surface area contributed by atoms with E-state index < -0.39 is 114 Å². The van der Waals surface area contributed by atoms with Crippen molar-refractivity contribution in [1.82, 2.24) is 30.2 Å². The number of hydrogen-bond acceptors (Lipinski definition) is 20. The number of amides is 2. The molecule has 31 heteroatoms. The van der Waals surface area contributed by atoms with Crippen LogP contribution in [0.3, 0.4) is 0 Å². The maximum absolute atomic E-state index is 12.7. The van der Waals surface area contributed by atoms with Crippen LogP contribution in [0, 0.1) is 11.3 Å². The Labute approximate surface area is 361 Å². The van der Waals surface area contributed by atoms with Gasteiger partial charge in [-0.2, -0.15) is 4.31 Å². The second kappa shape index (κ2) is 21.9. The van der Waals surface area contributed by atoms with Gasteiger partial charge < -0.3 is 61.1 Å². The lowest BCUT2D eigenvalue weighted by atomic mass is 9.87. The molecular formula is C32H46N7O20P3S. The number of aliphatic hydroxyl groups is 3. The molecule has 1 saturated heterocycles. The van der Waals surface area contributed by atoms with Gasteiger partial charge in [0.2, 0.25) is 11.8 Å². The van der Waals surface area contributed by atoms with Gasteiger partial charge in [0.1, 0.15) is 36.3 Å². The third-order valence-electron chi connectivity index (χ3n) is 8.97. The summed E-state index contributed by atoms with van der Waals surface area (Å²) in [5.74, 6) is -4.18. The monoisotopic (exact) mass is 973 g/mol. The summed E-state index contributed by atoms with van der Waals surface area (Å²) in [5, 5.41) is 45.6. The number of carboxylic acids is 1. The van der Waals surface area contributed by atoms with Crippen LogP contribution in [0.4, 0.5) is 5.82 Å². The molecule has 3 aromatic rings. The molecule has 9 atom stereocenters. The standard InChI is InChI=1S/C32H46N7O20P3S/c1-32(2,26(45)29(46)35-9-8-20(40)34-10-11-63-31(47)18(12-21(41)42)23(43)17-6-4-3-5-7-17)14-56-62(53,54)59-61(51,52)55-13-19-25(58-60(48,49)50)24(44)30(57-19)39-16-38-22-27(33)36-15-37-28(22)39/h3-7,15-16,18-19,23-26,30,43-45H,8-14H2,1-2H3,(H,34,40)(H,35,46)(H,41,42)(H,51,52)(H,53,54)(H2,33,36,37)(H2,48,49,50). The number of rotatable bonds is 24. The number of fused-ring (bicyclic) bond motifs is 1. The molecule has 1 aliphatic heterocycles. The summed E-state index contributed by atoms with van der Waals surface area (Å²) in [5.41, 5.74) is 4.53. The van der Waals surface area contributed by atoms with E-state index >= 15 is 0 Å². The topological polar surface area (TPSA) is 421 Å². The van der Waals surface area contributed by atoms with E-state index in [0.29, 0.717) is 5.56 Å². The maximum Gasteiger partial charge on any atom is 0.481 e. The first-order valence-corrected chi connectivity index (χ1v) is 23.8. The van der Waals surface area contributed by atoms with Crippen LogP contribution in [0.5, 0.6) is 0 Å². The number of carboxylic acid groups (broad SMARTS) is 1. The zero-order valence-electron chi connectivity index (χ0n) is 33.1. The number of imidazole rings is 1. The first-order valence-electron chi connectivity index (χ1n) is 18.3. The van der Waals surface area contributed by atoms with Crippen molar-refractivity contribution in [2.75, 3.05) is 37.8 Å². The number of aliphatic carboxylic acids is 1. The molecule has 2 aromatic heterocycles. The van der Waals surface area contributed by atoms with E-state index in [1.54, 1.807) is 30.3 Å². The number of anilines is 1. The van der Waals surface area contributed by atoms with Crippen molar-refractivity contribution < 1.29 is 95.5 Å². The number of nitrogens with two attached hydrogens (primary N) is 1. The number of aromatic nitrogens is 4. The summed E-state index contributed by atoms with van der Waals surface area (Å²) >= 11 is 0.720. The smallest absolute Gasteiger partial charge is 0.481 e. The van der Waals surface area contributed by atoms with Gasteiger partial charge in [0.15, 0.2) is 22.8 Å². The third-order valence-corrected chi connectivity index (χ3v) is 13.1. The van der Waals surface area contributed by atoms with Crippen LogP contribution < -0.4 is 16.4 Å². The number of ether oxygens (including phenoxy) is 1. The van der Waals surface area contributed by atoms with Crippen LogP contribution in [0.2, 0.25) is 0 Å². The minimum absolute atomic E-state index is 0.0125. The van der Waals surface area contributed by atoms with Crippen LogP contribution in [0.25, 0.3) is 11.2 Å². The number of nitrogens with zero attached hydrogens (tertiary/aromatic N) is 4. The van der Waals surface area contributed by atoms with Crippen molar-refractivity contribution in [3.05, 3.63) is 48.5 Å². The fraction of sp³-hybridized carbons (Fsp3) is 0.531. The molecule has 350 valence electrons. The number of carbonyl (C=O) groups is 4. The zero-order chi connectivity index (χ0) is 46.9. The predicted octanol–water partition coefficient (Wildman–Crippen LogP) is -0.511. The van der Waals surface area contributed by atoms with E-state index in [-0.39, 0.29) is 42.2 Å². The molecule has 3 heterocycles. The Balaban J connectivity index is 1.21. The molecule has 27 nitrogen and oxygen atoms in total. The number of hydrogen-bond donors (Lipinski definition) is 11. The summed E-state index contributed by atoms with van der Waals surface area (Å²) in [6.45, 7) is -0.0131. The van der Waals surface area contributed by atoms with Gasteiger partial charge in [-0.1, -0.05) is 55.9 Å². The Morgan fingerprint density at radius 2 is 1.65 bits per heavy atom.